The first-order valence-electron chi connectivity index (χ1n) is 8.46. The van der Waals surface area contributed by atoms with E-state index >= 15 is 0 Å². The number of nitrogens with one attached hydrogen (secondary N) is 1. The van der Waals surface area contributed by atoms with Gasteiger partial charge in [-0.05, 0) is 55.4 Å². The third-order valence-electron chi connectivity index (χ3n) is 4.81. The summed E-state index contributed by atoms with van der Waals surface area (Å²) in [7, 11) is 0. The van der Waals surface area contributed by atoms with Crippen LogP contribution in [0.15, 0.2) is 24.3 Å². The lowest BCUT2D eigenvalue weighted by Gasteiger charge is -2.21. The summed E-state index contributed by atoms with van der Waals surface area (Å²) in [6.45, 7) is 16.2. The summed E-state index contributed by atoms with van der Waals surface area (Å²) < 4.78 is 0. The van der Waals surface area contributed by atoms with Gasteiger partial charge in [-0.25, -0.2) is 0 Å². The maximum atomic E-state index is 3.72. The van der Waals surface area contributed by atoms with Crippen LogP contribution in [0, 0.1) is 5.92 Å². The molecule has 1 aliphatic rings. The molecule has 2 unspecified atom stereocenters. The van der Waals surface area contributed by atoms with E-state index in [0.29, 0.717) is 6.04 Å². The highest BCUT2D eigenvalue weighted by Crippen LogP contribution is 2.24. The molecule has 0 radical (unpaired) electrons. The lowest BCUT2D eigenvalue weighted by molar-refractivity contribution is 0.336. The molecule has 1 fully saturated rings. The number of likely N-dealkylation sites (tertiary alicyclic amines) is 1. The molecule has 1 aliphatic heterocycles. The van der Waals surface area contributed by atoms with Crippen LogP contribution in [0.3, 0.4) is 0 Å². The second-order valence-corrected chi connectivity index (χ2v) is 7.55. The molecule has 0 spiro atoms. The standard InChI is InChI=1S/C19H32N2/c1-6-21-12-11-16(14-21)13-20-15(2)17-7-9-18(10-8-17)19(3,4)5/h7-10,15-16,20H,6,11-14H2,1-5H3. The molecule has 0 amide bonds. The molecule has 0 saturated carbocycles. The van der Waals surface area contributed by atoms with Gasteiger partial charge in [0.15, 0.2) is 0 Å². The molecular formula is C19H32N2. The van der Waals surface area contributed by atoms with E-state index in [4.69, 9.17) is 0 Å². The Hall–Kier alpha value is -0.860. The van der Waals surface area contributed by atoms with Crippen LogP contribution in [-0.2, 0) is 5.41 Å². The molecular weight excluding hydrogens is 256 g/mol. The van der Waals surface area contributed by atoms with Crippen molar-refractivity contribution < 1.29 is 0 Å². The zero-order valence-electron chi connectivity index (χ0n) is 14.4. The highest BCUT2D eigenvalue weighted by atomic mass is 15.1. The van der Waals surface area contributed by atoms with Crippen LogP contribution in [0.4, 0.5) is 0 Å². The predicted octanol–water partition coefficient (Wildman–Crippen LogP) is 3.98. The van der Waals surface area contributed by atoms with E-state index in [1.54, 1.807) is 0 Å². The number of rotatable bonds is 5. The van der Waals surface area contributed by atoms with E-state index in [2.05, 4.69) is 69.1 Å². The van der Waals surface area contributed by atoms with Crippen molar-refractivity contribution >= 4 is 0 Å². The maximum Gasteiger partial charge on any atom is 0.0291 e. The molecule has 2 atom stereocenters. The summed E-state index contributed by atoms with van der Waals surface area (Å²) in [6, 6.07) is 9.56. The average Bonchev–Trinajstić information content (AvgIpc) is 2.92. The second kappa shape index (κ2) is 6.93. The van der Waals surface area contributed by atoms with Crippen LogP contribution in [0.2, 0.25) is 0 Å². The summed E-state index contributed by atoms with van der Waals surface area (Å²) in [4.78, 5) is 2.55. The van der Waals surface area contributed by atoms with Crippen molar-refractivity contribution in [2.75, 3.05) is 26.2 Å². The first-order valence-corrected chi connectivity index (χ1v) is 8.46. The van der Waals surface area contributed by atoms with Gasteiger partial charge in [-0.15, -0.1) is 0 Å². The summed E-state index contributed by atoms with van der Waals surface area (Å²) in [5.41, 5.74) is 3.05. The summed E-state index contributed by atoms with van der Waals surface area (Å²) in [5.74, 6) is 0.821. The predicted molar refractivity (Wildman–Crippen MR) is 91.8 cm³/mol. The molecule has 0 bridgehead atoms. The second-order valence-electron chi connectivity index (χ2n) is 7.55. The summed E-state index contributed by atoms with van der Waals surface area (Å²) >= 11 is 0. The lowest BCUT2D eigenvalue weighted by Crippen LogP contribution is -2.28. The van der Waals surface area contributed by atoms with Gasteiger partial charge in [0.25, 0.3) is 0 Å². The smallest absolute Gasteiger partial charge is 0.0291 e. The molecule has 0 aliphatic carbocycles. The molecule has 1 saturated heterocycles. The molecule has 2 nitrogen and oxygen atoms in total. The number of hydrogen-bond donors (Lipinski definition) is 1. The Labute approximate surface area is 130 Å². The van der Waals surface area contributed by atoms with Crippen LogP contribution in [0.25, 0.3) is 0 Å². The van der Waals surface area contributed by atoms with Crippen molar-refractivity contribution in [3.63, 3.8) is 0 Å². The van der Waals surface area contributed by atoms with Crippen LogP contribution in [-0.4, -0.2) is 31.1 Å². The Morgan fingerprint density at radius 3 is 2.43 bits per heavy atom. The van der Waals surface area contributed by atoms with Crippen molar-refractivity contribution in [3.05, 3.63) is 35.4 Å². The monoisotopic (exact) mass is 288 g/mol. The highest BCUT2D eigenvalue weighted by molar-refractivity contribution is 5.29. The molecule has 21 heavy (non-hydrogen) atoms. The molecule has 1 aromatic carbocycles. The quantitative estimate of drug-likeness (QED) is 0.881. The largest absolute Gasteiger partial charge is 0.310 e. The SMILES string of the molecule is CCN1CCC(CNC(C)c2ccc(C(C)(C)C)cc2)C1. The van der Waals surface area contributed by atoms with Gasteiger partial charge in [-0.2, -0.15) is 0 Å². The molecule has 2 rings (SSSR count). The van der Waals surface area contributed by atoms with Gasteiger partial charge in [0.1, 0.15) is 0 Å². The van der Waals surface area contributed by atoms with Crippen molar-refractivity contribution in [2.24, 2.45) is 5.92 Å². The third kappa shape index (κ3) is 4.55. The molecule has 1 aromatic rings. The Balaban J connectivity index is 1.85. The van der Waals surface area contributed by atoms with Crippen LogP contribution >= 0.6 is 0 Å². The van der Waals surface area contributed by atoms with Crippen LogP contribution in [0.5, 0.6) is 0 Å². The molecule has 2 heteroatoms. The van der Waals surface area contributed by atoms with Gasteiger partial charge < -0.3 is 10.2 Å². The molecule has 118 valence electrons. The minimum atomic E-state index is 0.239. The average molecular weight is 288 g/mol. The number of nitrogens with zero attached hydrogens (tertiary/aromatic N) is 1. The minimum Gasteiger partial charge on any atom is -0.310 e. The third-order valence-corrected chi connectivity index (χ3v) is 4.81. The van der Waals surface area contributed by atoms with Crippen molar-refractivity contribution in [3.8, 4) is 0 Å². The van der Waals surface area contributed by atoms with Crippen molar-refractivity contribution in [1.29, 1.82) is 0 Å². The van der Waals surface area contributed by atoms with Crippen LogP contribution < -0.4 is 5.32 Å². The van der Waals surface area contributed by atoms with E-state index < -0.39 is 0 Å². The van der Waals surface area contributed by atoms with Crippen molar-refractivity contribution in [2.45, 2.75) is 52.5 Å². The van der Waals surface area contributed by atoms with Crippen molar-refractivity contribution in [1.82, 2.24) is 10.2 Å². The zero-order valence-corrected chi connectivity index (χ0v) is 14.4. The first-order chi connectivity index (χ1) is 9.90. The number of benzene rings is 1. The van der Waals surface area contributed by atoms with E-state index in [9.17, 15) is 0 Å². The fourth-order valence-corrected chi connectivity index (χ4v) is 3.10. The zero-order chi connectivity index (χ0) is 15.5. The normalized spacial score (nSPS) is 21.7. The van der Waals surface area contributed by atoms with Gasteiger partial charge >= 0.3 is 0 Å². The van der Waals surface area contributed by atoms with Gasteiger partial charge in [-0.3, -0.25) is 0 Å². The minimum absolute atomic E-state index is 0.239. The van der Waals surface area contributed by atoms with E-state index in [1.807, 2.05) is 0 Å². The van der Waals surface area contributed by atoms with Gasteiger partial charge in [-0.1, -0.05) is 52.0 Å². The van der Waals surface area contributed by atoms with E-state index in [-0.39, 0.29) is 5.41 Å². The van der Waals surface area contributed by atoms with E-state index in [1.165, 1.54) is 37.2 Å². The van der Waals surface area contributed by atoms with Gasteiger partial charge in [0, 0.05) is 12.6 Å². The fourth-order valence-electron chi connectivity index (χ4n) is 3.10. The summed E-state index contributed by atoms with van der Waals surface area (Å²) in [6.07, 6.45) is 1.34. The van der Waals surface area contributed by atoms with Crippen LogP contribution in [0.1, 0.15) is 58.2 Å². The molecule has 0 aromatic heterocycles. The summed E-state index contributed by atoms with van der Waals surface area (Å²) in [5, 5.41) is 3.72. The Bertz CT molecular complexity index is 430. The molecule has 1 heterocycles. The Morgan fingerprint density at radius 1 is 1.24 bits per heavy atom. The molecule has 1 N–H and O–H groups in total. The topological polar surface area (TPSA) is 15.3 Å². The van der Waals surface area contributed by atoms with Gasteiger partial charge in [0.05, 0.1) is 0 Å². The highest BCUT2D eigenvalue weighted by Gasteiger charge is 2.21. The Morgan fingerprint density at radius 2 is 1.90 bits per heavy atom. The Kier molecular flexibility index (Phi) is 5.45. The number of hydrogen-bond acceptors (Lipinski definition) is 2. The maximum absolute atomic E-state index is 3.72. The first kappa shape index (κ1) is 16.5. The lowest BCUT2D eigenvalue weighted by atomic mass is 9.86. The fraction of sp³-hybridized carbons (Fsp3) is 0.684. The van der Waals surface area contributed by atoms with Gasteiger partial charge in [0.2, 0.25) is 0 Å². The van der Waals surface area contributed by atoms with E-state index in [0.717, 1.165) is 12.5 Å².